The van der Waals surface area contributed by atoms with Crippen molar-refractivity contribution in [3.63, 3.8) is 0 Å². The second kappa shape index (κ2) is 8.67. The van der Waals surface area contributed by atoms with Gasteiger partial charge in [0.2, 0.25) is 15.9 Å². The van der Waals surface area contributed by atoms with Crippen LogP contribution in [0, 0.1) is 5.92 Å². The van der Waals surface area contributed by atoms with Gasteiger partial charge in [0.15, 0.2) is 0 Å². The molecule has 25 heavy (non-hydrogen) atoms. The molecule has 6 nitrogen and oxygen atoms in total. The highest BCUT2D eigenvalue weighted by molar-refractivity contribution is 7.89. The number of piperidine rings is 1. The summed E-state index contributed by atoms with van der Waals surface area (Å²) in [5, 5.41) is 2.80. The van der Waals surface area contributed by atoms with Gasteiger partial charge in [0, 0.05) is 24.7 Å². The van der Waals surface area contributed by atoms with Crippen LogP contribution in [0.3, 0.4) is 0 Å². The Hall–Kier alpha value is -1.60. The zero-order valence-electron chi connectivity index (χ0n) is 15.2. The fourth-order valence-corrected chi connectivity index (χ4v) is 4.43. The van der Waals surface area contributed by atoms with Gasteiger partial charge in [-0.25, -0.2) is 8.42 Å². The first-order chi connectivity index (χ1) is 11.9. The summed E-state index contributed by atoms with van der Waals surface area (Å²) in [6.45, 7) is 7.02. The molecule has 1 aromatic rings. The first-order valence-corrected chi connectivity index (χ1v) is 10.4. The van der Waals surface area contributed by atoms with E-state index in [1.54, 1.807) is 12.1 Å². The van der Waals surface area contributed by atoms with Crippen LogP contribution < -0.4 is 10.1 Å². The van der Waals surface area contributed by atoms with E-state index in [0.717, 1.165) is 25.7 Å². The van der Waals surface area contributed by atoms with E-state index in [4.69, 9.17) is 4.74 Å². The van der Waals surface area contributed by atoms with E-state index in [9.17, 15) is 13.2 Å². The number of sulfonamides is 1. The Bertz CT molecular complexity index is 697. The van der Waals surface area contributed by atoms with Gasteiger partial charge in [-0.2, -0.15) is 4.31 Å². The molecule has 0 spiro atoms. The van der Waals surface area contributed by atoms with Gasteiger partial charge in [-0.15, -0.1) is 0 Å². The maximum absolute atomic E-state index is 13.0. The van der Waals surface area contributed by atoms with E-state index in [-0.39, 0.29) is 16.7 Å². The van der Waals surface area contributed by atoms with Gasteiger partial charge in [-0.3, -0.25) is 4.79 Å². The number of anilines is 1. The average molecular weight is 368 g/mol. The van der Waals surface area contributed by atoms with Crippen LogP contribution in [0.25, 0.3) is 0 Å². The van der Waals surface area contributed by atoms with Crippen LogP contribution in [0.1, 0.15) is 46.5 Å². The topological polar surface area (TPSA) is 75.7 Å². The van der Waals surface area contributed by atoms with Crippen LogP contribution in [0.4, 0.5) is 5.69 Å². The number of benzene rings is 1. The summed E-state index contributed by atoms with van der Waals surface area (Å²) in [5.74, 6) is 0.0799. The predicted octanol–water partition coefficient (Wildman–Crippen LogP) is 3.24. The van der Waals surface area contributed by atoms with Crippen molar-refractivity contribution in [2.24, 2.45) is 5.92 Å². The van der Waals surface area contributed by atoms with Gasteiger partial charge in [0.25, 0.3) is 0 Å². The Balaban J connectivity index is 2.36. The molecule has 1 N–H and O–H groups in total. The minimum atomic E-state index is -3.64. The van der Waals surface area contributed by atoms with Crippen molar-refractivity contribution in [3.8, 4) is 5.75 Å². The number of carbonyl (C=O) groups is 1. The van der Waals surface area contributed by atoms with Crippen molar-refractivity contribution < 1.29 is 17.9 Å². The lowest BCUT2D eigenvalue weighted by Gasteiger charge is -2.27. The van der Waals surface area contributed by atoms with Crippen LogP contribution >= 0.6 is 0 Å². The predicted molar refractivity (Wildman–Crippen MR) is 98.3 cm³/mol. The smallest absolute Gasteiger partial charge is 0.246 e. The standard InChI is InChI=1S/C18H28N2O4S/c1-4-14(3)18(21)19-15-9-10-16(24-5-2)17(13-15)25(22,23)20-11-7-6-8-12-20/h9-10,13-14H,4-8,11-12H2,1-3H3,(H,19,21)/t14-/m1/s1. The molecule has 1 fully saturated rings. The fourth-order valence-electron chi connectivity index (χ4n) is 2.76. The maximum atomic E-state index is 13.0. The first-order valence-electron chi connectivity index (χ1n) is 8.98. The minimum absolute atomic E-state index is 0.118. The maximum Gasteiger partial charge on any atom is 0.246 e. The molecule has 7 heteroatoms. The quantitative estimate of drug-likeness (QED) is 0.802. The normalized spacial score (nSPS) is 17.1. The Morgan fingerprint density at radius 3 is 2.52 bits per heavy atom. The molecule has 1 heterocycles. The van der Waals surface area contributed by atoms with Crippen molar-refractivity contribution >= 4 is 21.6 Å². The van der Waals surface area contributed by atoms with E-state index in [1.807, 2.05) is 20.8 Å². The number of ether oxygens (including phenoxy) is 1. The molecule has 1 aromatic carbocycles. The van der Waals surface area contributed by atoms with Crippen LogP contribution in [0.15, 0.2) is 23.1 Å². The summed E-state index contributed by atoms with van der Waals surface area (Å²) in [6.07, 6.45) is 3.51. The van der Waals surface area contributed by atoms with Gasteiger partial charge in [-0.05, 0) is 44.4 Å². The van der Waals surface area contributed by atoms with Gasteiger partial charge in [0.05, 0.1) is 6.61 Å². The number of hydrogen-bond acceptors (Lipinski definition) is 4. The molecule has 1 atom stereocenters. The molecule has 0 radical (unpaired) electrons. The van der Waals surface area contributed by atoms with Crippen molar-refractivity contribution in [2.75, 3.05) is 25.0 Å². The molecule has 0 aromatic heterocycles. The van der Waals surface area contributed by atoms with Crippen molar-refractivity contribution in [3.05, 3.63) is 18.2 Å². The van der Waals surface area contributed by atoms with E-state index in [2.05, 4.69) is 5.32 Å². The molecule has 1 amide bonds. The Labute approximate surface area is 150 Å². The average Bonchev–Trinajstić information content (AvgIpc) is 2.63. The lowest BCUT2D eigenvalue weighted by molar-refractivity contribution is -0.119. The van der Waals surface area contributed by atoms with Crippen molar-refractivity contribution in [2.45, 2.75) is 51.3 Å². The van der Waals surface area contributed by atoms with Crippen LogP contribution in [-0.2, 0) is 14.8 Å². The van der Waals surface area contributed by atoms with Crippen molar-refractivity contribution in [1.82, 2.24) is 4.31 Å². The van der Waals surface area contributed by atoms with Crippen molar-refractivity contribution in [1.29, 1.82) is 0 Å². The van der Waals surface area contributed by atoms with Crippen LogP contribution in [0.2, 0.25) is 0 Å². The Kier molecular flexibility index (Phi) is 6.84. The van der Waals surface area contributed by atoms with Gasteiger partial charge in [-0.1, -0.05) is 20.3 Å². The highest BCUT2D eigenvalue weighted by Gasteiger charge is 2.29. The van der Waals surface area contributed by atoms with Crippen LogP contribution in [-0.4, -0.2) is 38.3 Å². The number of rotatable bonds is 7. The highest BCUT2D eigenvalue weighted by atomic mass is 32.2. The minimum Gasteiger partial charge on any atom is -0.492 e. The molecule has 0 unspecified atom stereocenters. The monoisotopic (exact) mass is 368 g/mol. The number of carbonyl (C=O) groups excluding carboxylic acids is 1. The third-order valence-corrected chi connectivity index (χ3v) is 6.42. The zero-order valence-corrected chi connectivity index (χ0v) is 16.1. The Morgan fingerprint density at radius 1 is 1.24 bits per heavy atom. The lowest BCUT2D eigenvalue weighted by Crippen LogP contribution is -2.35. The zero-order chi connectivity index (χ0) is 18.4. The van der Waals surface area contributed by atoms with E-state index < -0.39 is 10.0 Å². The fraction of sp³-hybridized carbons (Fsp3) is 0.611. The molecule has 1 aliphatic heterocycles. The number of nitrogens with zero attached hydrogens (tertiary/aromatic N) is 1. The summed E-state index contributed by atoms with van der Waals surface area (Å²) in [4.78, 5) is 12.2. The molecule has 2 rings (SSSR count). The summed E-state index contributed by atoms with van der Waals surface area (Å²) < 4.78 is 33.1. The third kappa shape index (κ3) is 4.73. The van der Waals surface area contributed by atoms with E-state index in [1.165, 1.54) is 10.4 Å². The summed E-state index contributed by atoms with van der Waals surface area (Å²) in [5.41, 5.74) is 0.476. The van der Waals surface area contributed by atoms with Gasteiger partial charge >= 0.3 is 0 Å². The van der Waals surface area contributed by atoms with Gasteiger partial charge < -0.3 is 10.1 Å². The molecule has 0 saturated carbocycles. The summed E-state index contributed by atoms with van der Waals surface area (Å²) in [7, 11) is -3.64. The molecule has 1 aliphatic rings. The van der Waals surface area contributed by atoms with E-state index >= 15 is 0 Å². The summed E-state index contributed by atoms with van der Waals surface area (Å²) in [6, 6.07) is 4.81. The molecular formula is C18H28N2O4S. The molecule has 1 saturated heterocycles. The second-order valence-corrected chi connectivity index (χ2v) is 8.26. The largest absolute Gasteiger partial charge is 0.492 e. The SMILES string of the molecule is CCOc1ccc(NC(=O)[C@H](C)CC)cc1S(=O)(=O)N1CCCCC1. The van der Waals surface area contributed by atoms with Gasteiger partial charge in [0.1, 0.15) is 10.6 Å². The molecular weight excluding hydrogens is 340 g/mol. The summed E-state index contributed by atoms with van der Waals surface area (Å²) >= 11 is 0. The third-order valence-electron chi connectivity index (χ3n) is 4.50. The number of hydrogen-bond donors (Lipinski definition) is 1. The van der Waals surface area contributed by atoms with E-state index in [0.29, 0.717) is 31.1 Å². The Morgan fingerprint density at radius 2 is 1.92 bits per heavy atom. The van der Waals surface area contributed by atoms with Crippen LogP contribution in [0.5, 0.6) is 5.75 Å². The number of amides is 1. The highest BCUT2D eigenvalue weighted by Crippen LogP contribution is 2.31. The lowest BCUT2D eigenvalue weighted by atomic mass is 10.1. The first kappa shape index (κ1) is 19.7. The molecule has 0 bridgehead atoms. The number of nitrogens with one attached hydrogen (secondary N) is 1. The molecule has 0 aliphatic carbocycles. The second-order valence-electron chi connectivity index (χ2n) is 6.36. The molecule has 140 valence electrons.